The minimum atomic E-state index is -0.667. The lowest BCUT2D eigenvalue weighted by molar-refractivity contribution is -0.139. The van der Waals surface area contributed by atoms with Crippen LogP contribution >= 0.6 is 0 Å². The lowest BCUT2D eigenvalue weighted by atomic mass is 9.74. The molecule has 0 saturated heterocycles. The minimum absolute atomic E-state index is 0.238. The van der Waals surface area contributed by atoms with Crippen molar-refractivity contribution >= 4 is 5.97 Å². The molecule has 0 aliphatic heterocycles. The number of hydrogen-bond acceptors (Lipinski definition) is 3. The van der Waals surface area contributed by atoms with Gasteiger partial charge in [-0.3, -0.25) is 9.69 Å². The summed E-state index contributed by atoms with van der Waals surface area (Å²) in [6.07, 6.45) is 10.6. The maximum Gasteiger partial charge on any atom is 0.317 e. The van der Waals surface area contributed by atoms with Crippen molar-refractivity contribution in [2.75, 3.05) is 13.1 Å². The molecule has 0 heterocycles. The zero-order chi connectivity index (χ0) is 14.4. The number of carbonyl (C=O) groups is 1. The molecule has 0 aromatic carbocycles. The van der Waals surface area contributed by atoms with Crippen LogP contribution in [-0.2, 0) is 4.79 Å². The van der Waals surface area contributed by atoms with Crippen LogP contribution in [0, 0.1) is 17.8 Å². The highest BCUT2D eigenvalue weighted by Crippen LogP contribution is 2.47. The van der Waals surface area contributed by atoms with Gasteiger partial charge in [-0.25, -0.2) is 0 Å². The molecule has 0 amide bonds. The Hall–Kier alpha value is -0.610. The van der Waals surface area contributed by atoms with Crippen molar-refractivity contribution in [3.8, 4) is 0 Å². The van der Waals surface area contributed by atoms with Crippen LogP contribution in [0.2, 0.25) is 0 Å². The summed E-state index contributed by atoms with van der Waals surface area (Å²) < 4.78 is 0. The summed E-state index contributed by atoms with van der Waals surface area (Å²) in [7, 11) is 0. The Morgan fingerprint density at radius 1 is 1.10 bits per heavy atom. The van der Waals surface area contributed by atoms with Gasteiger partial charge in [0.15, 0.2) is 0 Å². The Kier molecular flexibility index (Phi) is 3.70. The fourth-order valence-electron chi connectivity index (χ4n) is 4.29. The second kappa shape index (κ2) is 5.54. The molecule has 0 aromatic rings. The molecule has 0 spiro atoms. The normalized spacial score (nSPS) is 38.9. The highest BCUT2D eigenvalue weighted by molar-refractivity contribution is 5.69. The predicted octanol–water partition coefficient (Wildman–Crippen LogP) is 2.09. The largest absolute Gasteiger partial charge is 0.480 e. The Morgan fingerprint density at radius 3 is 2.38 bits per heavy atom. The van der Waals surface area contributed by atoms with E-state index in [1.54, 1.807) is 0 Å². The van der Waals surface area contributed by atoms with Crippen molar-refractivity contribution in [2.24, 2.45) is 17.8 Å². The maximum absolute atomic E-state index is 11.0. The molecule has 118 valence electrons. The molecule has 4 rings (SSSR count). The van der Waals surface area contributed by atoms with Gasteiger partial charge in [0.05, 0.1) is 6.54 Å². The average molecular weight is 292 g/mol. The summed E-state index contributed by atoms with van der Waals surface area (Å²) in [5.41, 5.74) is 0. The van der Waals surface area contributed by atoms with Gasteiger partial charge >= 0.3 is 5.97 Å². The molecular formula is C17H28N2O2. The smallest absolute Gasteiger partial charge is 0.317 e. The van der Waals surface area contributed by atoms with Crippen LogP contribution in [0.4, 0.5) is 0 Å². The van der Waals surface area contributed by atoms with Crippen molar-refractivity contribution in [1.82, 2.24) is 10.2 Å². The lowest BCUT2D eigenvalue weighted by Crippen LogP contribution is -2.59. The van der Waals surface area contributed by atoms with Gasteiger partial charge in [-0.1, -0.05) is 0 Å². The molecule has 0 aromatic heterocycles. The quantitative estimate of drug-likeness (QED) is 0.719. The Labute approximate surface area is 127 Å². The highest BCUT2D eigenvalue weighted by Gasteiger charge is 2.44. The van der Waals surface area contributed by atoms with E-state index in [1.807, 2.05) is 0 Å². The van der Waals surface area contributed by atoms with Gasteiger partial charge < -0.3 is 10.4 Å². The number of nitrogens with one attached hydrogen (secondary N) is 1. The molecule has 2 atom stereocenters. The fraction of sp³-hybridized carbons (Fsp3) is 0.941. The molecule has 2 N–H and O–H groups in total. The van der Waals surface area contributed by atoms with Crippen molar-refractivity contribution in [2.45, 2.75) is 69.5 Å². The number of carboxylic acid groups (broad SMARTS) is 1. The van der Waals surface area contributed by atoms with Gasteiger partial charge in [-0.2, -0.15) is 0 Å². The molecule has 0 radical (unpaired) electrons. The zero-order valence-corrected chi connectivity index (χ0v) is 12.8. The highest BCUT2D eigenvalue weighted by atomic mass is 16.4. The van der Waals surface area contributed by atoms with Gasteiger partial charge in [-0.05, 0) is 69.1 Å². The topological polar surface area (TPSA) is 52.6 Å². The second-order valence-corrected chi connectivity index (χ2v) is 7.94. The van der Waals surface area contributed by atoms with Crippen molar-refractivity contribution in [1.29, 1.82) is 0 Å². The molecular weight excluding hydrogens is 264 g/mol. The van der Waals surface area contributed by atoms with E-state index < -0.39 is 5.97 Å². The Balaban J connectivity index is 1.22. The van der Waals surface area contributed by atoms with Crippen LogP contribution in [0.1, 0.15) is 51.4 Å². The van der Waals surface area contributed by atoms with E-state index >= 15 is 0 Å². The van der Waals surface area contributed by atoms with Crippen LogP contribution in [-0.4, -0.2) is 47.2 Å². The molecule has 21 heavy (non-hydrogen) atoms. The van der Waals surface area contributed by atoms with Crippen LogP contribution < -0.4 is 5.32 Å². The molecule has 4 aliphatic rings. The van der Waals surface area contributed by atoms with E-state index in [1.165, 1.54) is 38.5 Å². The first-order valence-electron chi connectivity index (χ1n) is 8.91. The standard InChI is InChI=1S/C17H28N2O2/c20-17(21)10-19(9-11-1-2-11)14-7-13(8-14)18-16-6-5-15(16)12-3-4-12/h11-16,18H,1-10H2,(H,20,21). The third-order valence-electron chi connectivity index (χ3n) is 6.16. The van der Waals surface area contributed by atoms with E-state index in [0.29, 0.717) is 12.1 Å². The molecule has 0 bridgehead atoms. The van der Waals surface area contributed by atoms with Crippen LogP contribution in [0.15, 0.2) is 0 Å². The van der Waals surface area contributed by atoms with E-state index in [9.17, 15) is 4.79 Å². The van der Waals surface area contributed by atoms with E-state index in [-0.39, 0.29) is 6.54 Å². The summed E-state index contributed by atoms with van der Waals surface area (Å²) in [6.45, 7) is 1.25. The first kappa shape index (κ1) is 14.0. The summed E-state index contributed by atoms with van der Waals surface area (Å²) in [5, 5.41) is 12.9. The zero-order valence-electron chi connectivity index (χ0n) is 12.8. The third-order valence-corrected chi connectivity index (χ3v) is 6.16. The monoisotopic (exact) mass is 292 g/mol. The molecule has 4 heteroatoms. The second-order valence-electron chi connectivity index (χ2n) is 7.94. The number of aliphatic carboxylic acids is 1. The molecule has 4 saturated carbocycles. The summed E-state index contributed by atoms with van der Waals surface area (Å²) in [5.74, 6) is 2.11. The van der Waals surface area contributed by atoms with Gasteiger partial charge in [0.25, 0.3) is 0 Å². The number of carboxylic acids is 1. The van der Waals surface area contributed by atoms with Crippen LogP contribution in [0.25, 0.3) is 0 Å². The van der Waals surface area contributed by atoms with Crippen LogP contribution in [0.3, 0.4) is 0 Å². The maximum atomic E-state index is 11.0. The summed E-state index contributed by atoms with van der Waals surface area (Å²) >= 11 is 0. The number of nitrogens with zero attached hydrogens (tertiary/aromatic N) is 1. The van der Waals surface area contributed by atoms with Gasteiger partial charge in [0, 0.05) is 24.7 Å². The Morgan fingerprint density at radius 2 is 1.86 bits per heavy atom. The van der Waals surface area contributed by atoms with Crippen molar-refractivity contribution in [3.05, 3.63) is 0 Å². The molecule has 4 nitrogen and oxygen atoms in total. The number of rotatable bonds is 8. The van der Waals surface area contributed by atoms with Gasteiger partial charge in [0.2, 0.25) is 0 Å². The summed E-state index contributed by atoms with van der Waals surface area (Å²) in [4.78, 5) is 13.3. The van der Waals surface area contributed by atoms with Crippen LogP contribution in [0.5, 0.6) is 0 Å². The third kappa shape index (κ3) is 3.26. The average Bonchev–Trinajstić information content (AvgIpc) is 3.19. The predicted molar refractivity (Wildman–Crippen MR) is 81.1 cm³/mol. The van der Waals surface area contributed by atoms with Crippen molar-refractivity contribution < 1.29 is 9.90 Å². The SMILES string of the molecule is O=C(O)CN(CC1CC1)C1CC(NC2CCC2C2CC2)C1. The van der Waals surface area contributed by atoms with E-state index in [2.05, 4.69) is 10.2 Å². The molecule has 4 aliphatic carbocycles. The molecule has 4 fully saturated rings. The fourth-order valence-corrected chi connectivity index (χ4v) is 4.29. The van der Waals surface area contributed by atoms with Crippen molar-refractivity contribution in [3.63, 3.8) is 0 Å². The minimum Gasteiger partial charge on any atom is -0.480 e. The first-order valence-corrected chi connectivity index (χ1v) is 8.91. The van der Waals surface area contributed by atoms with Gasteiger partial charge in [0.1, 0.15) is 0 Å². The van der Waals surface area contributed by atoms with E-state index in [0.717, 1.165) is 43.2 Å². The lowest BCUT2D eigenvalue weighted by Gasteiger charge is -2.48. The van der Waals surface area contributed by atoms with Gasteiger partial charge in [-0.15, -0.1) is 0 Å². The summed E-state index contributed by atoms with van der Waals surface area (Å²) in [6, 6.07) is 1.94. The number of hydrogen-bond donors (Lipinski definition) is 2. The first-order chi connectivity index (χ1) is 10.2. The Bertz CT molecular complexity index is 400. The molecule has 2 unspecified atom stereocenters. The van der Waals surface area contributed by atoms with E-state index in [4.69, 9.17) is 5.11 Å².